The lowest BCUT2D eigenvalue weighted by molar-refractivity contribution is 0.673. The SMILES string of the molecule is c1ccc(-c2ccc(N(c3ccccc3)c3cc(-c4ccccc4)cc4oc5c6ccccc6ccc5c34)cc2)cc1. The van der Waals surface area contributed by atoms with Crippen molar-refractivity contribution in [2.75, 3.05) is 4.90 Å². The second kappa shape index (κ2) is 10.1. The highest BCUT2D eigenvalue weighted by Crippen LogP contribution is 2.46. The van der Waals surface area contributed by atoms with Crippen molar-refractivity contribution in [3.05, 3.63) is 164 Å². The number of rotatable bonds is 5. The molecule has 7 aromatic carbocycles. The number of fused-ring (bicyclic) bond motifs is 5. The lowest BCUT2D eigenvalue weighted by Crippen LogP contribution is -2.10. The van der Waals surface area contributed by atoms with Crippen molar-refractivity contribution in [3.8, 4) is 22.3 Å². The van der Waals surface area contributed by atoms with Crippen LogP contribution in [0.15, 0.2) is 168 Å². The van der Waals surface area contributed by atoms with Crippen molar-refractivity contribution in [2.24, 2.45) is 0 Å². The van der Waals surface area contributed by atoms with Gasteiger partial charge in [0, 0.05) is 22.1 Å². The highest BCUT2D eigenvalue weighted by molar-refractivity contribution is 6.20. The highest BCUT2D eigenvalue weighted by atomic mass is 16.3. The Labute approximate surface area is 244 Å². The largest absolute Gasteiger partial charge is 0.455 e. The minimum atomic E-state index is 0.875. The van der Waals surface area contributed by atoms with E-state index in [0.29, 0.717) is 0 Å². The Morgan fingerprint density at radius 1 is 0.405 bits per heavy atom. The Balaban J connectivity index is 1.42. The van der Waals surface area contributed by atoms with E-state index in [-0.39, 0.29) is 0 Å². The monoisotopic (exact) mass is 537 g/mol. The molecule has 0 atom stereocenters. The van der Waals surface area contributed by atoms with E-state index in [0.717, 1.165) is 55.5 Å². The van der Waals surface area contributed by atoms with Crippen LogP contribution in [0.1, 0.15) is 0 Å². The first-order valence-corrected chi connectivity index (χ1v) is 14.3. The lowest BCUT2D eigenvalue weighted by Gasteiger charge is -2.27. The second-order valence-corrected chi connectivity index (χ2v) is 10.6. The molecular weight excluding hydrogens is 510 g/mol. The Hall–Kier alpha value is -5.60. The van der Waals surface area contributed by atoms with Crippen molar-refractivity contribution >= 4 is 49.8 Å². The van der Waals surface area contributed by atoms with Gasteiger partial charge in [-0.25, -0.2) is 0 Å². The van der Waals surface area contributed by atoms with Crippen LogP contribution in [-0.2, 0) is 0 Å². The second-order valence-electron chi connectivity index (χ2n) is 10.6. The first-order chi connectivity index (χ1) is 20.8. The Morgan fingerprint density at radius 3 is 1.69 bits per heavy atom. The molecule has 0 spiro atoms. The number of benzene rings is 7. The third-order valence-electron chi connectivity index (χ3n) is 8.04. The summed E-state index contributed by atoms with van der Waals surface area (Å²) in [5.41, 5.74) is 9.71. The third-order valence-corrected chi connectivity index (χ3v) is 8.04. The topological polar surface area (TPSA) is 16.4 Å². The first-order valence-electron chi connectivity index (χ1n) is 14.3. The number of hydrogen-bond acceptors (Lipinski definition) is 2. The van der Waals surface area contributed by atoms with Crippen molar-refractivity contribution < 1.29 is 4.42 Å². The summed E-state index contributed by atoms with van der Waals surface area (Å²) >= 11 is 0. The molecule has 8 rings (SSSR count). The molecule has 0 saturated heterocycles. The summed E-state index contributed by atoms with van der Waals surface area (Å²) in [6, 6.07) is 57.9. The molecule has 1 heterocycles. The summed E-state index contributed by atoms with van der Waals surface area (Å²) in [7, 11) is 0. The Morgan fingerprint density at radius 2 is 0.976 bits per heavy atom. The van der Waals surface area contributed by atoms with Crippen LogP contribution in [0.2, 0.25) is 0 Å². The van der Waals surface area contributed by atoms with Crippen LogP contribution in [0, 0.1) is 0 Å². The molecule has 0 N–H and O–H groups in total. The van der Waals surface area contributed by atoms with Gasteiger partial charge < -0.3 is 9.32 Å². The summed E-state index contributed by atoms with van der Waals surface area (Å²) < 4.78 is 6.74. The fourth-order valence-electron chi connectivity index (χ4n) is 6.02. The minimum absolute atomic E-state index is 0.875. The molecule has 0 unspecified atom stereocenters. The van der Waals surface area contributed by atoms with Gasteiger partial charge in [-0.3, -0.25) is 0 Å². The van der Waals surface area contributed by atoms with Crippen LogP contribution in [0.5, 0.6) is 0 Å². The van der Waals surface area contributed by atoms with Gasteiger partial charge in [-0.1, -0.05) is 121 Å². The average Bonchev–Trinajstić information content (AvgIpc) is 3.46. The molecule has 0 saturated carbocycles. The van der Waals surface area contributed by atoms with E-state index in [9.17, 15) is 0 Å². The molecule has 0 aliphatic heterocycles. The van der Waals surface area contributed by atoms with Crippen LogP contribution in [-0.4, -0.2) is 0 Å². The van der Waals surface area contributed by atoms with Gasteiger partial charge in [-0.2, -0.15) is 0 Å². The molecule has 8 aromatic rings. The fraction of sp³-hybridized carbons (Fsp3) is 0. The van der Waals surface area contributed by atoms with Crippen LogP contribution >= 0.6 is 0 Å². The van der Waals surface area contributed by atoms with Gasteiger partial charge in [-0.05, 0) is 70.1 Å². The van der Waals surface area contributed by atoms with Gasteiger partial charge in [0.25, 0.3) is 0 Å². The summed E-state index contributed by atoms with van der Waals surface area (Å²) in [4.78, 5) is 2.35. The van der Waals surface area contributed by atoms with Crippen molar-refractivity contribution in [3.63, 3.8) is 0 Å². The van der Waals surface area contributed by atoms with Crippen molar-refractivity contribution in [2.45, 2.75) is 0 Å². The van der Waals surface area contributed by atoms with Crippen LogP contribution in [0.25, 0.3) is 55.0 Å². The molecule has 1 aromatic heterocycles. The van der Waals surface area contributed by atoms with Crippen molar-refractivity contribution in [1.29, 1.82) is 0 Å². The summed E-state index contributed by atoms with van der Waals surface area (Å²) in [6.07, 6.45) is 0. The maximum atomic E-state index is 6.74. The molecule has 0 bridgehead atoms. The summed E-state index contributed by atoms with van der Waals surface area (Å²) in [6.45, 7) is 0. The fourth-order valence-corrected chi connectivity index (χ4v) is 6.02. The van der Waals surface area contributed by atoms with E-state index in [1.165, 1.54) is 16.5 Å². The molecule has 0 amide bonds. The lowest BCUT2D eigenvalue weighted by atomic mass is 9.99. The quantitative estimate of drug-likeness (QED) is 0.217. The number of furan rings is 1. The predicted octanol–water partition coefficient (Wildman–Crippen LogP) is 11.5. The summed E-state index contributed by atoms with van der Waals surface area (Å²) in [5.74, 6) is 0. The van der Waals surface area contributed by atoms with E-state index < -0.39 is 0 Å². The van der Waals surface area contributed by atoms with Gasteiger partial charge in [0.1, 0.15) is 11.2 Å². The smallest absolute Gasteiger partial charge is 0.143 e. The average molecular weight is 538 g/mol. The zero-order valence-corrected chi connectivity index (χ0v) is 22.9. The third kappa shape index (κ3) is 4.13. The van der Waals surface area contributed by atoms with Crippen LogP contribution in [0.4, 0.5) is 17.1 Å². The maximum absolute atomic E-state index is 6.74. The van der Waals surface area contributed by atoms with Crippen LogP contribution in [0.3, 0.4) is 0 Å². The first kappa shape index (κ1) is 24.2. The maximum Gasteiger partial charge on any atom is 0.143 e. The molecule has 2 nitrogen and oxygen atoms in total. The van der Waals surface area contributed by atoms with Gasteiger partial charge >= 0.3 is 0 Å². The predicted molar refractivity (Wildman–Crippen MR) is 177 cm³/mol. The van der Waals surface area contributed by atoms with Gasteiger partial charge in [0.2, 0.25) is 0 Å². The van der Waals surface area contributed by atoms with Crippen LogP contribution < -0.4 is 4.90 Å². The zero-order chi connectivity index (χ0) is 27.9. The number of anilines is 3. The molecular formula is C40H27NO. The molecule has 42 heavy (non-hydrogen) atoms. The zero-order valence-electron chi connectivity index (χ0n) is 22.9. The van der Waals surface area contributed by atoms with E-state index in [1.54, 1.807) is 0 Å². The van der Waals surface area contributed by atoms with E-state index >= 15 is 0 Å². The molecule has 0 aliphatic rings. The molecule has 198 valence electrons. The molecule has 0 radical (unpaired) electrons. The molecule has 2 heteroatoms. The Kier molecular flexibility index (Phi) is 5.82. The number of nitrogens with zero attached hydrogens (tertiary/aromatic N) is 1. The minimum Gasteiger partial charge on any atom is -0.455 e. The van der Waals surface area contributed by atoms with E-state index in [2.05, 4.69) is 169 Å². The Bertz CT molecular complexity index is 2160. The summed E-state index contributed by atoms with van der Waals surface area (Å²) in [5, 5.41) is 4.51. The van der Waals surface area contributed by atoms with Gasteiger partial charge in [0.15, 0.2) is 0 Å². The van der Waals surface area contributed by atoms with Crippen molar-refractivity contribution in [1.82, 2.24) is 0 Å². The standard InChI is InChI=1S/C40H27NO/c1-4-12-28(13-5-1)30-20-23-34(24-21-30)41(33-17-8-3-9-18-33)37-26-32(29-14-6-2-7-15-29)27-38-39(37)36-25-22-31-16-10-11-19-35(31)40(36)42-38/h1-27H. The molecule has 0 aliphatic carbocycles. The normalized spacial score (nSPS) is 11.3. The number of para-hydroxylation sites is 1. The molecule has 0 fully saturated rings. The van der Waals surface area contributed by atoms with E-state index in [4.69, 9.17) is 4.42 Å². The van der Waals surface area contributed by atoms with Gasteiger partial charge in [-0.15, -0.1) is 0 Å². The number of hydrogen-bond donors (Lipinski definition) is 0. The van der Waals surface area contributed by atoms with Gasteiger partial charge in [0.05, 0.1) is 11.1 Å². The highest BCUT2D eigenvalue weighted by Gasteiger charge is 2.22. The van der Waals surface area contributed by atoms with E-state index in [1.807, 2.05) is 0 Å².